The summed E-state index contributed by atoms with van der Waals surface area (Å²) in [5, 5.41) is 0.419. The van der Waals surface area contributed by atoms with Crippen molar-refractivity contribution in [1.29, 1.82) is 0 Å². The maximum Gasteiger partial charge on any atom is 0.308 e. The Morgan fingerprint density at radius 3 is 2.72 bits per heavy atom. The molecule has 0 saturated heterocycles. The largest absolute Gasteiger partial charge is 0.424 e. The van der Waals surface area contributed by atoms with Crippen molar-refractivity contribution >= 4 is 25.6 Å². The lowest BCUT2D eigenvalue weighted by Gasteiger charge is -2.09. The van der Waals surface area contributed by atoms with Gasteiger partial charge in [-0.3, -0.25) is 4.79 Å². The summed E-state index contributed by atoms with van der Waals surface area (Å²) < 4.78 is 5.03. The fourth-order valence-electron chi connectivity index (χ4n) is 1.14. The molecule has 0 amide bonds. The smallest absolute Gasteiger partial charge is 0.308 e. The van der Waals surface area contributed by atoms with Crippen LogP contribution in [0.1, 0.15) is 12.6 Å². The van der Waals surface area contributed by atoms with Gasteiger partial charge in [0.1, 0.15) is 0 Å². The SMILES string of the molecule is CC(=O)Oc1cc(Cl)cnc1C#CC[Si](C)(C)C. The predicted molar refractivity (Wildman–Crippen MR) is 75.6 cm³/mol. The van der Waals surface area contributed by atoms with E-state index < -0.39 is 14.0 Å². The van der Waals surface area contributed by atoms with Crippen molar-refractivity contribution in [2.45, 2.75) is 32.6 Å². The molecule has 0 aliphatic rings. The van der Waals surface area contributed by atoms with E-state index in [2.05, 4.69) is 36.5 Å². The molecule has 0 aromatic carbocycles. The molecule has 1 aromatic rings. The summed E-state index contributed by atoms with van der Waals surface area (Å²) in [4.78, 5) is 15.1. The van der Waals surface area contributed by atoms with Gasteiger partial charge in [-0.2, -0.15) is 0 Å². The number of rotatable bonds is 2. The molecule has 96 valence electrons. The molecule has 0 bridgehead atoms. The Morgan fingerprint density at radius 2 is 2.17 bits per heavy atom. The van der Waals surface area contributed by atoms with Crippen LogP contribution in [0.4, 0.5) is 0 Å². The van der Waals surface area contributed by atoms with Gasteiger partial charge in [0.2, 0.25) is 0 Å². The fraction of sp³-hybridized carbons (Fsp3) is 0.385. The summed E-state index contributed by atoms with van der Waals surface area (Å²) in [6.45, 7) is 8.05. The van der Waals surface area contributed by atoms with Crippen molar-refractivity contribution < 1.29 is 9.53 Å². The van der Waals surface area contributed by atoms with Gasteiger partial charge < -0.3 is 4.74 Å². The molecule has 1 heterocycles. The highest BCUT2D eigenvalue weighted by atomic mass is 35.5. The quantitative estimate of drug-likeness (QED) is 0.474. The number of aromatic nitrogens is 1. The zero-order chi connectivity index (χ0) is 13.8. The maximum absolute atomic E-state index is 11.0. The van der Waals surface area contributed by atoms with Gasteiger partial charge in [-0.05, 0) is 5.92 Å². The number of nitrogens with zero attached hydrogens (tertiary/aromatic N) is 1. The highest BCUT2D eigenvalue weighted by Gasteiger charge is 2.11. The van der Waals surface area contributed by atoms with Crippen molar-refractivity contribution in [3.63, 3.8) is 0 Å². The zero-order valence-electron chi connectivity index (χ0n) is 11.0. The van der Waals surface area contributed by atoms with Crippen LogP contribution in [0.5, 0.6) is 5.75 Å². The lowest BCUT2D eigenvalue weighted by Crippen LogP contribution is -2.17. The van der Waals surface area contributed by atoms with E-state index in [1.165, 1.54) is 13.1 Å². The third-order valence-corrected chi connectivity index (χ3v) is 3.34. The first-order valence-electron chi connectivity index (χ1n) is 5.61. The highest BCUT2D eigenvalue weighted by Crippen LogP contribution is 2.20. The van der Waals surface area contributed by atoms with Crippen molar-refractivity contribution in [1.82, 2.24) is 4.98 Å². The number of hydrogen-bond acceptors (Lipinski definition) is 3. The molecule has 0 aliphatic heterocycles. The van der Waals surface area contributed by atoms with Crippen LogP contribution in [0.2, 0.25) is 30.7 Å². The van der Waals surface area contributed by atoms with E-state index >= 15 is 0 Å². The van der Waals surface area contributed by atoms with Crippen LogP contribution in [0.25, 0.3) is 0 Å². The number of carbonyl (C=O) groups is 1. The monoisotopic (exact) mass is 281 g/mol. The van der Waals surface area contributed by atoms with Crippen LogP contribution in [0.3, 0.4) is 0 Å². The van der Waals surface area contributed by atoms with Crippen molar-refractivity contribution in [2.24, 2.45) is 0 Å². The number of halogens is 1. The maximum atomic E-state index is 11.0. The van der Waals surface area contributed by atoms with Crippen molar-refractivity contribution in [3.8, 4) is 17.6 Å². The van der Waals surface area contributed by atoms with Crippen LogP contribution < -0.4 is 4.74 Å². The first-order valence-corrected chi connectivity index (χ1v) is 9.69. The highest BCUT2D eigenvalue weighted by molar-refractivity contribution is 6.76. The van der Waals surface area contributed by atoms with E-state index in [4.69, 9.17) is 16.3 Å². The summed E-state index contributed by atoms with van der Waals surface area (Å²) in [7, 11) is -1.21. The molecule has 0 radical (unpaired) electrons. The summed E-state index contributed by atoms with van der Waals surface area (Å²) in [5.74, 6) is 5.94. The molecule has 0 fully saturated rings. The van der Waals surface area contributed by atoms with Gasteiger partial charge in [0.15, 0.2) is 11.4 Å². The zero-order valence-corrected chi connectivity index (χ0v) is 12.8. The minimum atomic E-state index is -1.21. The first kappa shape index (κ1) is 14.7. The Hall–Kier alpha value is -1.31. The molecular weight excluding hydrogens is 266 g/mol. The third kappa shape index (κ3) is 5.35. The second-order valence-corrected chi connectivity index (χ2v) is 11.0. The third-order valence-electron chi connectivity index (χ3n) is 1.90. The number of esters is 1. The molecule has 3 nitrogen and oxygen atoms in total. The van der Waals surface area contributed by atoms with E-state index in [0.29, 0.717) is 16.5 Å². The average Bonchev–Trinajstić information content (AvgIpc) is 2.18. The average molecular weight is 282 g/mol. The molecule has 1 rings (SSSR count). The molecular formula is C13H16ClNO2Si. The van der Waals surface area contributed by atoms with Crippen LogP contribution in [-0.2, 0) is 4.79 Å². The molecule has 0 atom stereocenters. The topological polar surface area (TPSA) is 39.2 Å². The fourth-order valence-corrected chi connectivity index (χ4v) is 1.91. The Labute approximate surface area is 114 Å². The molecule has 0 aliphatic carbocycles. The van der Waals surface area contributed by atoms with E-state index in [1.807, 2.05) is 0 Å². The van der Waals surface area contributed by atoms with Gasteiger partial charge >= 0.3 is 5.97 Å². The molecule has 1 aromatic heterocycles. The lowest BCUT2D eigenvalue weighted by molar-refractivity contribution is -0.131. The van der Waals surface area contributed by atoms with E-state index in [9.17, 15) is 4.79 Å². The summed E-state index contributed by atoms with van der Waals surface area (Å²) in [6, 6.07) is 2.42. The normalized spacial score (nSPS) is 10.5. The van der Waals surface area contributed by atoms with Gasteiger partial charge in [-0.15, -0.1) is 0 Å². The number of hydrogen-bond donors (Lipinski definition) is 0. The molecule has 0 saturated carbocycles. The van der Waals surface area contributed by atoms with Crippen LogP contribution in [-0.4, -0.2) is 19.0 Å². The number of carbonyl (C=O) groups excluding carboxylic acids is 1. The summed E-state index contributed by atoms with van der Waals surface area (Å²) in [5.41, 5.74) is 0.452. The predicted octanol–water partition coefficient (Wildman–Crippen LogP) is 3.35. The summed E-state index contributed by atoms with van der Waals surface area (Å²) >= 11 is 5.81. The van der Waals surface area contributed by atoms with Gasteiger partial charge in [0.05, 0.1) is 13.1 Å². The van der Waals surface area contributed by atoms with Gasteiger partial charge in [-0.25, -0.2) is 4.98 Å². The molecule has 0 spiro atoms. The second kappa shape index (κ2) is 6.03. The Morgan fingerprint density at radius 1 is 1.50 bits per heavy atom. The molecule has 5 heteroatoms. The minimum absolute atomic E-state index is 0.318. The van der Waals surface area contributed by atoms with E-state index in [1.54, 1.807) is 6.07 Å². The van der Waals surface area contributed by atoms with E-state index in [0.717, 1.165) is 6.04 Å². The second-order valence-electron chi connectivity index (χ2n) is 5.13. The molecule has 0 N–H and O–H groups in total. The van der Waals surface area contributed by atoms with E-state index in [-0.39, 0.29) is 0 Å². The number of ether oxygens (including phenoxy) is 1. The Kier molecular flexibility index (Phi) is 4.94. The molecule has 0 unspecified atom stereocenters. The van der Waals surface area contributed by atoms with Crippen LogP contribution in [0, 0.1) is 11.8 Å². The molecule has 18 heavy (non-hydrogen) atoms. The standard InChI is InChI=1S/C13H16ClNO2Si/c1-10(16)17-13-8-11(14)9-15-12(13)6-5-7-18(2,3)4/h8-9H,7H2,1-4H3. The van der Waals surface area contributed by atoms with Gasteiger partial charge in [-0.1, -0.05) is 37.2 Å². The van der Waals surface area contributed by atoms with Crippen LogP contribution >= 0.6 is 11.6 Å². The summed E-state index contributed by atoms with van der Waals surface area (Å²) in [6.07, 6.45) is 1.49. The van der Waals surface area contributed by atoms with Crippen molar-refractivity contribution in [3.05, 3.63) is 23.0 Å². The Bertz CT molecular complexity index is 512. The van der Waals surface area contributed by atoms with Crippen LogP contribution in [0.15, 0.2) is 12.3 Å². The van der Waals surface area contributed by atoms with Gasteiger partial charge in [0.25, 0.3) is 0 Å². The van der Waals surface area contributed by atoms with Crippen molar-refractivity contribution in [2.75, 3.05) is 0 Å². The van der Waals surface area contributed by atoms with Gasteiger partial charge in [0, 0.05) is 25.2 Å². The first-order chi connectivity index (χ1) is 8.28. The number of pyridine rings is 1. The lowest BCUT2D eigenvalue weighted by atomic mass is 10.3. The Balaban J connectivity index is 2.97. The minimum Gasteiger partial charge on any atom is -0.424 e.